The van der Waals surface area contributed by atoms with Gasteiger partial charge in [0.25, 0.3) is 5.91 Å². The van der Waals surface area contributed by atoms with Crippen LogP contribution < -0.4 is 11.1 Å². The first kappa shape index (κ1) is 21.5. The number of aromatic nitrogens is 1. The number of primary amides is 1. The summed E-state index contributed by atoms with van der Waals surface area (Å²) in [5, 5.41) is 3.27. The number of aliphatic imine (C=N–C) groups is 1. The fourth-order valence-electron chi connectivity index (χ4n) is 3.68. The number of aryl methyl sites for hydroxylation is 1. The minimum Gasteiger partial charge on any atom is -0.366 e. The van der Waals surface area contributed by atoms with Gasteiger partial charge in [0, 0.05) is 36.5 Å². The van der Waals surface area contributed by atoms with E-state index < -0.39 is 5.91 Å². The molecule has 1 aliphatic heterocycles. The van der Waals surface area contributed by atoms with Gasteiger partial charge in [-0.2, -0.15) is 0 Å². The van der Waals surface area contributed by atoms with Crippen LogP contribution in [-0.2, 0) is 0 Å². The number of pyridine rings is 1. The van der Waals surface area contributed by atoms with Crippen molar-refractivity contribution < 1.29 is 9.59 Å². The minimum atomic E-state index is -0.570. The predicted octanol–water partition coefficient (Wildman–Crippen LogP) is 3.75. The third kappa shape index (κ3) is 4.33. The number of rotatable bonds is 5. The smallest absolute Gasteiger partial charge is 0.257 e. The fourth-order valence-corrected chi connectivity index (χ4v) is 3.79. The number of carbonyl (C=O) groups is 2. The molecule has 0 spiro atoms. The number of anilines is 1. The number of nitrogens with zero attached hydrogens (tertiary/aromatic N) is 3. The molecule has 0 saturated heterocycles. The molecular formula is C24H22ClN5O2. The number of nitrogens with one attached hydrogen (secondary N) is 1. The Morgan fingerprint density at radius 1 is 1.06 bits per heavy atom. The van der Waals surface area contributed by atoms with E-state index in [-0.39, 0.29) is 5.91 Å². The Kier molecular flexibility index (Phi) is 5.92. The highest BCUT2D eigenvalue weighted by Crippen LogP contribution is 2.30. The zero-order chi connectivity index (χ0) is 22.8. The van der Waals surface area contributed by atoms with E-state index in [0.29, 0.717) is 39.6 Å². The number of likely N-dealkylation sites (N-methyl/N-ethyl adjacent to an activating group) is 1. The van der Waals surface area contributed by atoms with Gasteiger partial charge < -0.3 is 16.0 Å². The second-order valence-corrected chi connectivity index (χ2v) is 8.05. The highest BCUT2D eigenvalue weighted by atomic mass is 35.5. The van der Waals surface area contributed by atoms with Crippen LogP contribution in [-0.4, -0.2) is 47.7 Å². The van der Waals surface area contributed by atoms with Crippen molar-refractivity contribution in [1.29, 1.82) is 0 Å². The Hall–Kier alpha value is -3.71. The van der Waals surface area contributed by atoms with Gasteiger partial charge in [-0.1, -0.05) is 35.4 Å². The molecular weight excluding hydrogens is 426 g/mol. The van der Waals surface area contributed by atoms with Gasteiger partial charge in [-0.25, -0.2) is 4.98 Å². The first-order chi connectivity index (χ1) is 15.3. The van der Waals surface area contributed by atoms with Gasteiger partial charge in [0.15, 0.2) is 0 Å². The second kappa shape index (κ2) is 8.80. The molecule has 3 aromatic rings. The molecule has 0 bridgehead atoms. The van der Waals surface area contributed by atoms with Crippen LogP contribution in [0.15, 0.2) is 59.7 Å². The summed E-state index contributed by atoms with van der Waals surface area (Å²) < 4.78 is 0. The molecule has 2 amide bonds. The molecule has 0 aliphatic carbocycles. The zero-order valence-electron chi connectivity index (χ0n) is 17.7. The van der Waals surface area contributed by atoms with Crippen LogP contribution in [0.1, 0.15) is 31.8 Å². The number of halogens is 1. The number of hydrogen-bond acceptors (Lipinski definition) is 5. The lowest BCUT2D eigenvalue weighted by Gasteiger charge is -2.17. The van der Waals surface area contributed by atoms with Crippen molar-refractivity contribution in [2.24, 2.45) is 10.7 Å². The molecule has 8 heteroatoms. The molecule has 162 valence electrons. The SMILES string of the molecule is Cc1ccc(-c2cc(C3=NCCN3C)ccc2C(N)=O)c(C(=O)Nc2ccc(Cl)cn2)c1. The quantitative estimate of drug-likeness (QED) is 0.621. The second-order valence-electron chi connectivity index (χ2n) is 7.62. The Morgan fingerprint density at radius 2 is 1.88 bits per heavy atom. The normalized spacial score (nSPS) is 13.1. The van der Waals surface area contributed by atoms with Crippen LogP contribution in [0, 0.1) is 6.92 Å². The van der Waals surface area contributed by atoms with Crippen LogP contribution in [0.25, 0.3) is 11.1 Å². The van der Waals surface area contributed by atoms with Crippen molar-refractivity contribution in [2.75, 3.05) is 25.5 Å². The number of carbonyl (C=O) groups excluding carboxylic acids is 2. The Morgan fingerprint density at radius 3 is 2.53 bits per heavy atom. The third-order valence-electron chi connectivity index (χ3n) is 5.28. The lowest BCUT2D eigenvalue weighted by Crippen LogP contribution is -2.24. The number of amidine groups is 1. The fraction of sp³-hybridized carbons (Fsp3) is 0.167. The summed E-state index contributed by atoms with van der Waals surface area (Å²) >= 11 is 5.89. The van der Waals surface area contributed by atoms with Crippen LogP contribution in [0.5, 0.6) is 0 Å². The van der Waals surface area contributed by atoms with Gasteiger partial charge in [-0.3, -0.25) is 14.6 Å². The summed E-state index contributed by atoms with van der Waals surface area (Å²) in [4.78, 5) is 36.2. The van der Waals surface area contributed by atoms with Gasteiger partial charge in [0.05, 0.1) is 11.6 Å². The number of nitrogens with two attached hydrogens (primary N) is 1. The molecule has 4 rings (SSSR count). The minimum absolute atomic E-state index is 0.331. The van der Waals surface area contributed by atoms with Gasteiger partial charge in [0.2, 0.25) is 5.91 Å². The lowest BCUT2D eigenvalue weighted by molar-refractivity contribution is 0.0997. The molecule has 7 nitrogen and oxygen atoms in total. The van der Waals surface area contributed by atoms with Gasteiger partial charge in [-0.15, -0.1) is 0 Å². The topological polar surface area (TPSA) is 101 Å². The van der Waals surface area contributed by atoms with Crippen LogP contribution in [0.4, 0.5) is 5.82 Å². The lowest BCUT2D eigenvalue weighted by atomic mass is 9.91. The average Bonchev–Trinajstić information content (AvgIpc) is 3.20. The van der Waals surface area contributed by atoms with Gasteiger partial charge >= 0.3 is 0 Å². The molecule has 0 radical (unpaired) electrons. The Bertz CT molecular complexity index is 1240. The van der Waals surface area contributed by atoms with Crippen LogP contribution in [0.2, 0.25) is 5.02 Å². The van der Waals surface area contributed by atoms with E-state index in [1.165, 1.54) is 6.20 Å². The van der Waals surface area contributed by atoms with Crippen LogP contribution in [0.3, 0.4) is 0 Å². The molecule has 2 aromatic carbocycles. The predicted molar refractivity (Wildman–Crippen MR) is 126 cm³/mol. The number of amides is 2. The van der Waals surface area contributed by atoms with Crippen molar-refractivity contribution >= 4 is 35.1 Å². The first-order valence-electron chi connectivity index (χ1n) is 10.1. The molecule has 0 unspecified atom stereocenters. The summed E-state index contributed by atoms with van der Waals surface area (Å²) in [5.74, 6) is 0.289. The number of hydrogen-bond donors (Lipinski definition) is 2. The third-order valence-corrected chi connectivity index (χ3v) is 5.50. The molecule has 32 heavy (non-hydrogen) atoms. The summed E-state index contributed by atoms with van der Waals surface area (Å²) in [5.41, 5.74) is 9.34. The van der Waals surface area contributed by atoms with Crippen LogP contribution >= 0.6 is 11.6 Å². The maximum atomic E-state index is 13.2. The highest BCUT2D eigenvalue weighted by Gasteiger charge is 2.21. The molecule has 3 N–H and O–H groups in total. The molecule has 0 saturated carbocycles. The average molecular weight is 448 g/mol. The molecule has 1 aromatic heterocycles. The van der Waals surface area contributed by atoms with E-state index in [1.807, 2.05) is 38.2 Å². The summed E-state index contributed by atoms with van der Waals surface area (Å²) in [6, 6.07) is 14.1. The Labute approximate surface area is 190 Å². The van der Waals surface area contributed by atoms with E-state index in [2.05, 4.69) is 20.2 Å². The standard InChI is InChI=1S/C24H22ClN5O2/c1-14-3-6-17(20(11-14)24(32)29-21-8-5-16(25)13-28-21)19-12-15(4-7-18(19)22(26)31)23-27-9-10-30(23)2/h3-8,11-13H,9-10H2,1-2H3,(H2,26,31)(H,28,29,32). The van der Waals surface area contributed by atoms with Crippen molar-refractivity contribution in [2.45, 2.75) is 6.92 Å². The maximum absolute atomic E-state index is 13.2. The van der Waals surface area contributed by atoms with Crippen molar-refractivity contribution in [1.82, 2.24) is 9.88 Å². The maximum Gasteiger partial charge on any atom is 0.257 e. The highest BCUT2D eigenvalue weighted by molar-refractivity contribution is 6.30. The molecule has 0 fully saturated rings. The van der Waals surface area contributed by atoms with Crippen molar-refractivity contribution in [3.63, 3.8) is 0 Å². The monoisotopic (exact) mass is 447 g/mol. The van der Waals surface area contributed by atoms with E-state index in [4.69, 9.17) is 17.3 Å². The van der Waals surface area contributed by atoms with E-state index in [0.717, 1.165) is 23.5 Å². The molecule has 2 heterocycles. The van der Waals surface area contributed by atoms with E-state index >= 15 is 0 Å². The van der Waals surface area contributed by atoms with E-state index in [1.54, 1.807) is 24.3 Å². The summed E-state index contributed by atoms with van der Waals surface area (Å²) in [6.07, 6.45) is 1.46. The number of benzene rings is 2. The van der Waals surface area contributed by atoms with Crippen molar-refractivity contribution in [3.8, 4) is 11.1 Å². The van der Waals surface area contributed by atoms with Gasteiger partial charge in [-0.05, 0) is 48.4 Å². The molecule has 0 atom stereocenters. The van der Waals surface area contributed by atoms with Gasteiger partial charge in [0.1, 0.15) is 11.7 Å². The Balaban J connectivity index is 1.81. The van der Waals surface area contributed by atoms with E-state index in [9.17, 15) is 9.59 Å². The summed E-state index contributed by atoms with van der Waals surface area (Å²) in [7, 11) is 1.97. The summed E-state index contributed by atoms with van der Waals surface area (Å²) in [6.45, 7) is 3.44. The largest absolute Gasteiger partial charge is 0.366 e. The first-order valence-corrected chi connectivity index (χ1v) is 10.4. The van der Waals surface area contributed by atoms with Crippen molar-refractivity contribution in [3.05, 3.63) is 82.0 Å². The molecule has 1 aliphatic rings. The zero-order valence-corrected chi connectivity index (χ0v) is 18.5.